The van der Waals surface area contributed by atoms with Gasteiger partial charge in [0.05, 0.1) is 6.04 Å². The third-order valence-electron chi connectivity index (χ3n) is 5.37. The van der Waals surface area contributed by atoms with Crippen LogP contribution >= 0.6 is 0 Å². The Hall–Kier alpha value is -2.65. The summed E-state index contributed by atoms with van der Waals surface area (Å²) in [7, 11) is 0. The number of fused-ring (bicyclic) bond motifs is 1. The van der Waals surface area contributed by atoms with Crippen molar-refractivity contribution in [2.75, 3.05) is 32.9 Å². The van der Waals surface area contributed by atoms with Crippen molar-refractivity contribution >= 4 is 12.0 Å². The molecule has 1 saturated heterocycles. The molecule has 1 atom stereocenters. The molecule has 1 aromatic rings. The summed E-state index contributed by atoms with van der Waals surface area (Å²) in [4.78, 5) is 25.8. The number of likely N-dealkylation sites (tertiary alicyclic amines) is 1. The number of nitrogens with zero attached hydrogens (tertiary/aromatic N) is 1. The van der Waals surface area contributed by atoms with Crippen LogP contribution in [0.4, 0.5) is 18.0 Å². The molecular formula is C21H27F3N2O5. The Morgan fingerprint density at radius 2 is 1.81 bits per heavy atom. The second-order valence-electron chi connectivity index (χ2n) is 8.06. The number of halogens is 3. The van der Waals surface area contributed by atoms with Crippen LogP contribution in [0.15, 0.2) is 18.2 Å². The molecule has 10 heteroatoms. The monoisotopic (exact) mass is 444 g/mol. The van der Waals surface area contributed by atoms with Gasteiger partial charge in [-0.15, -0.1) is 0 Å². The van der Waals surface area contributed by atoms with Crippen LogP contribution in [-0.4, -0.2) is 56.0 Å². The van der Waals surface area contributed by atoms with E-state index < -0.39 is 18.9 Å². The lowest BCUT2D eigenvalue weighted by Crippen LogP contribution is -2.45. The maximum absolute atomic E-state index is 12.9. The second kappa shape index (κ2) is 9.65. The number of amides is 2. The van der Waals surface area contributed by atoms with Gasteiger partial charge < -0.3 is 24.4 Å². The third kappa shape index (κ3) is 6.18. The van der Waals surface area contributed by atoms with E-state index in [9.17, 15) is 22.8 Å². The predicted molar refractivity (Wildman–Crippen MR) is 105 cm³/mol. The largest absolute Gasteiger partial charge is 0.486 e. The molecule has 0 saturated carbocycles. The van der Waals surface area contributed by atoms with Crippen molar-refractivity contribution in [3.8, 4) is 11.5 Å². The molecule has 2 aliphatic rings. The van der Waals surface area contributed by atoms with E-state index in [1.807, 2.05) is 32.0 Å². The number of carbonyl (C=O) groups is 2. The highest BCUT2D eigenvalue weighted by Crippen LogP contribution is 2.34. The van der Waals surface area contributed by atoms with Crippen molar-refractivity contribution in [1.82, 2.24) is 10.2 Å². The molecule has 3 rings (SSSR count). The fourth-order valence-electron chi connectivity index (χ4n) is 3.72. The van der Waals surface area contributed by atoms with Gasteiger partial charge in [0.25, 0.3) is 0 Å². The van der Waals surface area contributed by atoms with Gasteiger partial charge in [-0.2, -0.15) is 13.2 Å². The highest BCUT2D eigenvalue weighted by atomic mass is 19.4. The maximum Gasteiger partial charge on any atom is 0.422 e. The average Bonchev–Trinajstić information content (AvgIpc) is 2.74. The topological polar surface area (TPSA) is 77.1 Å². The van der Waals surface area contributed by atoms with Gasteiger partial charge in [0.15, 0.2) is 18.1 Å². The van der Waals surface area contributed by atoms with Gasteiger partial charge in [-0.25, -0.2) is 4.79 Å². The Kier molecular flexibility index (Phi) is 7.17. The molecule has 1 N–H and O–H groups in total. The predicted octanol–water partition coefficient (Wildman–Crippen LogP) is 3.68. The van der Waals surface area contributed by atoms with Gasteiger partial charge in [0, 0.05) is 19.0 Å². The molecule has 7 nitrogen and oxygen atoms in total. The van der Waals surface area contributed by atoms with Gasteiger partial charge in [0.1, 0.15) is 13.2 Å². The second-order valence-corrected chi connectivity index (χ2v) is 8.06. The summed E-state index contributed by atoms with van der Waals surface area (Å²) >= 11 is 0. The number of carbonyl (C=O) groups excluding carboxylic acids is 2. The van der Waals surface area contributed by atoms with Crippen LogP contribution in [0.5, 0.6) is 11.5 Å². The van der Waals surface area contributed by atoms with E-state index in [1.54, 1.807) is 0 Å². The molecule has 31 heavy (non-hydrogen) atoms. The standard InChI is InChI=1S/C21H27F3N2O5/c1-13(2)18(15-3-4-16-17(11-15)30-10-9-29-16)25-19(27)14-5-7-26(8-6-14)20(28)31-12-21(22,23)24/h3-4,11,13-14,18H,5-10,12H2,1-2H3,(H,25,27). The lowest BCUT2D eigenvalue weighted by atomic mass is 9.92. The van der Waals surface area contributed by atoms with Crippen LogP contribution in [0, 0.1) is 11.8 Å². The molecule has 0 spiro atoms. The first kappa shape index (κ1) is 23.0. The summed E-state index contributed by atoms with van der Waals surface area (Å²) in [5.41, 5.74) is 0.903. The highest BCUT2D eigenvalue weighted by Gasteiger charge is 2.33. The van der Waals surface area contributed by atoms with Crippen LogP contribution in [-0.2, 0) is 9.53 Å². The molecule has 2 amide bonds. The summed E-state index contributed by atoms with van der Waals surface area (Å²) < 4.78 is 52.1. The summed E-state index contributed by atoms with van der Waals surface area (Å²) in [6.45, 7) is 3.70. The van der Waals surface area contributed by atoms with Gasteiger partial charge in [-0.05, 0) is 36.5 Å². The Morgan fingerprint density at radius 3 is 2.42 bits per heavy atom. The van der Waals surface area contributed by atoms with Crippen LogP contribution in [0.1, 0.15) is 38.3 Å². The Labute approximate surface area is 178 Å². The SMILES string of the molecule is CC(C)C(NC(=O)C1CCN(C(=O)OCC(F)(F)F)CC1)c1ccc2c(c1)OCCO2. The van der Waals surface area contributed by atoms with Gasteiger partial charge in [-0.3, -0.25) is 4.79 Å². The fraction of sp³-hybridized carbons (Fsp3) is 0.619. The minimum Gasteiger partial charge on any atom is -0.486 e. The van der Waals surface area contributed by atoms with E-state index in [0.717, 1.165) is 5.56 Å². The lowest BCUT2D eigenvalue weighted by molar-refractivity contribution is -0.162. The minimum absolute atomic E-state index is 0.115. The number of alkyl halides is 3. The smallest absolute Gasteiger partial charge is 0.422 e. The van der Waals surface area contributed by atoms with Crippen molar-refractivity contribution in [3.63, 3.8) is 0 Å². The van der Waals surface area contributed by atoms with Crippen molar-refractivity contribution in [2.45, 2.75) is 38.9 Å². The lowest BCUT2D eigenvalue weighted by Gasteiger charge is -2.32. The molecule has 1 aromatic carbocycles. The van der Waals surface area contributed by atoms with Gasteiger partial charge in [0.2, 0.25) is 5.91 Å². The third-order valence-corrected chi connectivity index (χ3v) is 5.37. The summed E-state index contributed by atoms with van der Waals surface area (Å²) in [5, 5.41) is 3.08. The van der Waals surface area contributed by atoms with Crippen LogP contribution in [0.25, 0.3) is 0 Å². The minimum atomic E-state index is -4.56. The van der Waals surface area contributed by atoms with Crippen LogP contribution in [0.2, 0.25) is 0 Å². The highest BCUT2D eigenvalue weighted by molar-refractivity contribution is 5.79. The number of nitrogens with one attached hydrogen (secondary N) is 1. The van der Waals surface area contributed by atoms with E-state index in [1.165, 1.54) is 4.90 Å². The van der Waals surface area contributed by atoms with Crippen molar-refractivity contribution in [2.24, 2.45) is 11.8 Å². The van der Waals surface area contributed by atoms with E-state index in [4.69, 9.17) is 9.47 Å². The molecule has 1 unspecified atom stereocenters. The van der Waals surface area contributed by atoms with E-state index in [2.05, 4.69) is 10.1 Å². The first-order valence-corrected chi connectivity index (χ1v) is 10.3. The first-order valence-electron chi connectivity index (χ1n) is 10.3. The Balaban J connectivity index is 1.56. The average molecular weight is 444 g/mol. The number of rotatable bonds is 5. The first-order chi connectivity index (χ1) is 14.6. The number of benzene rings is 1. The zero-order valence-corrected chi connectivity index (χ0v) is 17.5. The van der Waals surface area contributed by atoms with Crippen LogP contribution in [0.3, 0.4) is 0 Å². The summed E-state index contributed by atoms with van der Waals surface area (Å²) in [6, 6.07) is 5.37. The summed E-state index contributed by atoms with van der Waals surface area (Å²) in [5.74, 6) is 0.967. The normalized spacial score (nSPS) is 17.9. The van der Waals surface area contributed by atoms with Crippen molar-refractivity contribution < 1.29 is 37.0 Å². The molecule has 2 aliphatic heterocycles. The van der Waals surface area contributed by atoms with Gasteiger partial charge >= 0.3 is 12.3 Å². The van der Waals surface area contributed by atoms with Crippen LogP contribution < -0.4 is 14.8 Å². The molecule has 2 heterocycles. The Morgan fingerprint density at radius 1 is 1.16 bits per heavy atom. The molecule has 0 aliphatic carbocycles. The fourth-order valence-corrected chi connectivity index (χ4v) is 3.72. The quantitative estimate of drug-likeness (QED) is 0.750. The van der Waals surface area contributed by atoms with Crippen molar-refractivity contribution in [1.29, 1.82) is 0 Å². The van der Waals surface area contributed by atoms with Gasteiger partial charge in [-0.1, -0.05) is 19.9 Å². The van der Waals surface area contributed by atoms with E-state index in [-0.39, 0.29) is 36.9 Å². The van der Waals surface area contributed by atoms with Crippen molar-refractivity contribution in [3.05, 3.63) is 23.8 Å². The number of ether oxygens (including phenoxy) is 3. The molecule has 0 bridgehead atoms. The van der Waals surface area contributed by atoms with E-state index >= 15 is 0 Å². The number of hydrogen-bond acceptors (Lipinski definition) is 5. The molecule has 0 radical (unpaired) electrons. The number of piperidine rings is 1. The molecule has 172 valence electrons. The molecule has 0 aromatic heterocycles. The zero-order chi connectivity index (χ0) is 22.6. The Bertz CT molecular complexity index is 792. The van der Waals surface area contributed by atoms with E-state index in [0.29, 0.717) is 37.6 Å². The molecular weight excluding hydrogens is 417 g/mol. The zero-order valence-electron chi connectivity index (χ0n) is 17.5. The number of hydrogen-bond donors (Lipinski definition) is 1. The maximum atomic E-state index is 12.9. The summed E-state index contributed by atoms with van der Waals surface area (Å²) in [6.07, 6.45) is -4.85. The molecule has 1 fully saturated rings.